The van der Waals surface area contributed by atoms with Gasteiger partial charge in [0.1, 0.15) is 0 Å². The molecule has 0 aliphatic carbocycles. The number of fused-ring (bicyclic) bond motifs is 5. The molecule has 4 nitrogen and oxygen atoms in total. The zero-order chi connectivity index (χ0) is 25.5. The highest BCUT2D eigenvalue weighted by atomic mass is 32.1. The van der Waals surface area contributed by atoms with Gasteiger partial charge in [-0.3, -0.25) is 0 Å². The van der Waals surface area contributed by atoms with Crippen LogP contribution in [0.5, 0.6) is 23.0 Å². The summed E-state index contributed by atoms with van der Waals surface area (Å²) in [6, 6.07) is 29.6. The number of hydrogen-bond acceptors (Lipinski definition) is 5. The molecule has 0 unspecified atom stereocenters. The number of hydrogen-bond donors (Lipinski definition) is 0. The van der Waals surface area contributed by atoms with Crippen LogP contribution in [0, 0.1) is 0 Å². The van der Waals surface area contributed by atoms with Gasteiger partial charge in [0.15, 0.2) is 23.0 Å². The molecule has 0 aliphatic heterocycles. The Balaban J connectivity index is 1.82. The highest BCUT2D eigenvalue weighted by Gasteiger charge is 2.22. The minimum absolute atomic E-state index is 0.693. The minimum atomic E-state index is 0.693. The van der Waals surface area contributed by atoms with E-state index in [1.807, 2.05) is 23.5 Å². The molecular formula is C32H26O4S. The second kappa shape index (κ2) is 9.34. The zero-order valence-electron chi connectivity index (χ0n) is 21.1. The fourth-order valence-electron chi connectivity index (χ4n) is 5.21. The van der Waals surface area contributed by atoms with Crippen molar-refractivity contribution in [3.63, 3.8) is 0 Å². The van der Waals surface area contributed by atoms with Gasteiger partial charge in [-0.05, 0) is 57.8 Å². The van der Waals surface area contributed by atoms with Crippen molar-refractivity contribution >= 4 is 42.3 Å². The van der Waals surface area contributed by atoms with Crippen molar-refractivity contribution in [2.45, 2.75) is 0 Å². The molecule has 1 aromatic heterocycles. The van der Waals surface area contributed by atoms with Gasteiger partial charge in [-0.25, -0.2) is 0 Å². The van der Waals surface area contributed by atoms with Gasteiger partial charge in [0.05, 0.1) is 28.4 Å². The highest BCUT2D eigenvalue weighted by molar-refractivity contribution is 7.26. The van der Waals surface area contributed by atoms with Crippen molar-refractivity contribution < 1.29 is 18.9 Å². The van der Waals surface area contributed by atoms with E-state index < -0.39 is 0 Å². The van der Waals surface area contributed by atoms with E-state index >= 15 is 0 Å². The molecule has 0 bridgehead atoms. The molecule has 6 aromatic rings. The highest BCUT2D eigenvalue weighted by Crippen LogP contribution is 2.51. The molecule has 5 aromatic carbocycles. The van der Waals surface area contributed by atoms with Gasteiger partial charge in [0.25, 0.3) is 0 Å². The molecule has 6 rings (SSSR count). The van der Waals surface area contributed by atoms with Crippen molar-refractivity contribution in [1.82, 2.24) is 0 Å². The monoisotopic (exact) mass is 506 g/mol. The first-order valence-electron chi connectivity index (χ1n) is 12.0. The Hall–Kier alpha value is -4.22. The summed E-state index contributed by atoms with van der Waals surface area (Å²) in [4.78, 5) is 0. The molecule has 0 saturated heterocycles. The fraction of sp³-hybridized carbons (Fsp3) is 0.125. The van der Waals surface area contributed by atoms with Gasteiger partial charge in [0.2, 0.25) is 0 Å². The molecule has 0 spiro atoms. The molecule has 0 atom stereocenters. The van der Waals surface area contributed by atoms with E-state index in [4.69, 9.17) is 18.9 Å². The van der Waals surface area contributed by atoms with E-state index in [1.165, 1.54) is 30.9 Å². The molecule has 184 valence electrons. The van der Waals surface area contributed by atoms with E-state index in [-0.39, 0.29) is 0 Å². The maximum Gasteiger partial charge on any atom is 0.161 e. The number of methoxy groups -OCH3 is 4. The van der Waals surface area contributed by atoms with Crippen LogP contribution in [-0.2, 0) is 0 Å². The Morgan fingerprint density at radius 1 is 0.486 bits per heavy atom. The summed E-state index contributed by atoms with van der Waals surface area (Å²) in [6.45, 7) is 0. The molecule has 1 heterocycles. The van der Waals surface area contributed by atoms with Gasteiger partial charge < -0.3 is 18.9 Å². The van der Waals surface area contributed by atoms with Crippen LogP contribution in [0.25, 0.3) is 53.2 Å². The predicted octanol–water partition coefficient (Wildman–Crippen LogP) is 8.58. The summed E-state index contributed by atoms with van der Waals surface area (Å²) in [7, 11) is 6.66. The molecule has 5 heteroatoms. The van der Waals surface area contributed by atoms with E-state index in [0.717, 1.165) is 22.3 Å². The predicted molar refractivity (Wildman–Crippen MR) is 154 cm³/mol. The zero-order valence-corrected chi connectivity index (χ0v) is 21.9. The Morgan fingerprint density at radius 2 is 1.00 bits per heavy atom. The van der Waals surface area contributed by atoms with Gasteiger partial charge in [-0.15, -0.1) is 11.3 Å². The first kappa shape index (κ1) is 23.2. The first-order chi connectivity index (χ1) is 18.2. The Bertz CT molecular complexity index is 1780. The van der Waals surface area contributed by atoms with E-state index in [9.17, 15) is 0 Å². The van der Waals surface area contributed by atoms with Crippen molar-refractivity contribution in [2.75, 3.05) is 28.4 Å². The maximum absolute atomic E-state index is 5.71. The van der Waals surface area contributed by atoms with Gasteiger partial charge in [0, 0.05) is 25.7 Å². The number of thiophene rings is 1. The van der Waals surface area contributed by atoms with Crippen LogP contribution in [0.4, 0.5) is 0 Å². The summed E-state index contributed by atoms with van der Waals surface area (Å²) in [5.74, 6) is 2.79. The van der Waals surface area contributed by atoms with Crippen LogP contribution in [0.15, 0.2) is 84.9 Å². The topological polar surface area (TPSA) is 36.9 Å². The van der Waals surface area contributed by atoms with E-state index in [0.29, 0.717) is 23.0 Å². The maximum atomic E-state index is 5.71. The van der Waals surface area contributed by atoms with Crippen LogP contribution in [-0.4, -0.2) is 28.4 Å². The Labute approximate surface area is 219 Å². The summed E-state index contributed by atoms with van der Waals surface area (Å²) in [6.07, 6.45) is 0. The first-order valence-corrected chi connectivity index (χ1v) is 12.8. The van der Waals surface area contributed by atoms with Crippen molar-refractivity contribution in [3.05, 3.63) is 84.9 Å². The van der Waals surface area contributed by atoms with Crippen LogP contribution < -0.4 is 18.9 Å². The third-order valence-electron chi connectivity index (χ3n) is 6.88. The summed E-state index contributed by atoms with van der Waals surface area (Å²) in [5, 5.41) is 4.93. The Kier molecular flexibility index (Phi) is 5.85. The molecule has 0 radical (unpaired) electrons. The van der Waals surface area contributed by atoms with Crippen molar-refractivity contribution in [2.24, 2.45) is 0 Å². The largest absolute Gasteiger partial charge is 0.493 e. The van der Waals surface area contributed by atoms with Crippen molar-refractivity contribution in [3.8, 4) is 45.3 Å². The van der Waals surface area contributed by atoms with Crippen LogP contribution in [0.2, 0.25) is 0 Å². The van der Waals surface area contributed by atoms with E-state index in [1.54, 1.807) is 28.4 Å². The standard InChI is InChI=1S/C32H26O4S/c1-33-24-15-13-19(17-26(24)35-3)29-21-9-5-6-10-22(21)31-23-11-7-8-12-28(23)37-32(31)30(29)20-14-16-25(34-2)27(18-20)36-4/h5-18H,1-4H3. The molecule has 0 amide bonds. The average molecular weight is 507 g/mol. The van der Waals surface area contributed by atoms with Gasteiger partial charge in [-0.1, -0.05) is 54.6 Å². The Morgan fingerprint density at radius 3 is 1.59 bits per heavy atom. The minimum Gasteiger partial charge on any atom is -0.493 e. The third kappa shape index (κ3) is 3.66. The van der Waals surface area contributed by atoms with Gasteiger partial charge >= 0.3 is 0 Å². The lowest BCUT2D eigenvalue weighted by atomic mass is 9.87. The molecule has 0 fully saturated rings. The molecule has 37 heavy (non-hydrogen) atoms. The third-order valence-corrected chi connectivity index (χ3v) is 8.07. The molecular weight excluding hydrogens is 480 g/mol. The molecule has 0 aliphatic rings. The number of ether oxygens (including phenoxy) is 4. The molecule has 0 N–H and O–H groups in total. The second-order valence-corrected chi connectivity index (χ2v) is 9.79. The average Bonchev–Trinajstić information content (AvgIpc) is 3.35. The fourth-order valence-corrected chi connectivity index (χ4v) is 6.51. The lowest BCUT2D eigenvalue weighted by molar-refractivity contribution is 0.355. The summed E-state index contributed by atoms with van der Waals surface area (Å²) >= 11 is 1.82. The quantitative estimate of drug-likeness (QED) is 0.227. The normalized spacial score (nSPS) is 11.2. The number of benzene rings is 5. The smallest absolute Gasteiger partial charge is 0.161 e. The lowest BCUT2D eigenvalue weighted by Crippen LogP contribution is -1.95. The van der Waals surface area contributed by atoms with Crippen molar-refractivity contribution in [1.29, 1.82) is 0 Å². The van der Waals surface area contributed by atoms with Crippen LogP contribution in [0.1, 0.15) is 0 Å². The SMILES string of the molecule is COc1ccc(-c2c(-c3ccc(OC)c(OC)c3)c3sc4ccccc4c3c3ccccc23)cc1OC. The van der Waals surface area contributed by atoms with E-state index in [2.05, 4.69) is 72.8 Å². The lowest BCUT2D eigenvalue weighted by Gasteiger charge is -2.19. The summed E-state index contributed by atoms with van der Waals surface area (Å²) in [5.41, 5.74) is 4.41. The second-order valence-electron chi connectivity index (χ2n) is 8.74. The van der Waals surface area contributed by atoms with Crippen LogP contribution in [0.3, 0.4) is 0 Å². The molecule has 0 saturated carbocycles. The van der Waals surface area contributed by atoms with Crippen LogP contribution >= 0.6 is 11.3 Å². The summed E-state index contributed by atoms with van der Waals surface area (Å²) < 4.78 is 25.0. The van der Waals surface area contributed by atoms with Gasteiger partial charge in [-0.2, -0.15) is 0 Å². The number of rotatable bonds is 6.